The van der Waals surface area contributed by atoms with Gasteiger partial charge in [0.05, 0.1) is 29.0 Å². The molecule has 1 amide bonds. The van der Waals surface area contributed by atoms with Gasteiger partial charge in [0, 0.05) is 23.9 Å². The first-order valence-corrected chi connectivity index (χ1v) is 12.1. The Morgan fingerprint density at radius 2 is 2.00 bits per heavy atom. The Morgan fingerprint density at radius 1 is 1.33 bits per heavy atom. The molecule has 10 nitrogen and oxygen atoms in total. The quantitative estimate of drug-likeness (QED) is 0.528. The van der Waals surface area contributed by atoms with Crippen LogP contribution in [0.25, 0.3) is 10.9 Å². The van der Waals surface area contributed by atoms with Crippen LogP contribution in [0.1, 0.15) is 33.6 Å². The third-order valence-electron chi connectivity index (χ3n) is 5.29. The first-order valence-electron chi connectivity index (χ1n) is 10.6. The summed E-state index contributed by atoms with van der Waals surface area (Å²) in [4.78, 5) is 36.6. The predicted molar refractivity (Wildman–Crippen MR) is 123 cm³/mol. The number of carbonyl (C=O) groups is 1. The summed E-state index contributed by atoms with van der Waals surface area (Å²) >= 11 is 0. The summed E-state index contributed by atoms with van der Waals surface area (Å²) in [7, 11) is -3.71. The lowest BCUT2D eigenvalue weighted by molar-refractivity contribution is -0.112. The van der Waals surface area contributed by atoms with Crippen LogP contribution < -0.4 is 21.7 Å². The highest BCUT2D eigenvalue weighted by atomic mass is 32.2. The van der Waals surface area contributed by atoms with Gasteiger partial charge in [0.15, 0.2) is 0 Å². The second-order valence-electron chi connectivity index (χ2n) is 8.91. The number of hydrogen-bond acceptors (Lipinski definition) is 6. The van der Waals surface area contributed by atoms with Crippen molar-refractivity contribution in [2.45, 2.75) is 50.6 Å². The van der Waals surface area contributed by atoms with Crippen molar-refractivity contribution in [2.75, 3.05) is 13.2 Å². The number of primary amides is 1. The van der Waals surface area contributed by atoms with E-state index in [1.54, 1.807) is 0 Å². The van der Waals surface area contributed by atoms with E-state index in [0.29, 0.717) is 25.3 Å². The van der Waals surface area contributed by atoms with Gasteiger partial charge in [0.25, 0.3) is 11.5 Å². The molecule has 2 aromatic rings. The molecule has 1 saturated carbocycles. The lowest BCUT2D eigenvalue weighted by Gasteiger charge is -2.26. The van der Waals surface area contributed by atoms with E-state index in [9.17, 15) is 22.8 Å². The fourth-order valence-electron chi connectivity index (χ4n) is 3.16. The number of rotatable bonds is 5. The Balaban J connectivity index is 0.000000331. The van der Waals surface area contributed by atoms with Crippen molar-refractivity contribution < 1.29 is 17.9 Å². The van der Waals surface area contributed by atoms with Crippen molar-refractivity contribution in [3.63, 3.8) is 0 Å². The zero-order valence-corrected chi connectivity index (χ0v) is 19.6. The van der Waals surface area contributed by atoms with Gasteiger partial charge in [-0.3, -0.25) is 19.1 Å². The van der Waals surface area contributed by atoms with Crippen LogP contribution in [-0.2, 0) is 26.1 Å². The topological polar surface area (TPSA) is 153 Å². The molecule has 33 heavy (non-hydrogen) atoms. The highest BCUT2D eigenvalue weighted by molar-refractivity contribution is 7.89. The van der Waals surface area contributed by atoms with Gasteiger partial charge < -0.3 is 10.5 Å². The number of nitrogens with two attached hydrogens (primary N) is 1. The Bertz CT molecular complexity index is 1340. The van der Waals surface area contributed by atoms with Gasteiger partial charge in [-0.25, -0.2) is 17.9 Å². The summed E-state index contributed by atoms with van der Waals surface area (Å²) in [6.45, 7) is 7.21. The fraction of sp³-hybridized carbons (Fsp3) is 0.500. The number of hydrogen-bond donors (Lipinski definition) is 3. The van der Waals surface area contributed by atoms with E-state index in [0.717, 1.165) is 12.8 Å². The van der Waals surface area contributed by atoms with E-state index in [4.69, 9.17) is 10.5 Å². The third-order valence-corrected chi connectivity index (χ3v) is 6.93. The molecule has 4 rings (SSSR count). The van der Waals surface area contributed by atoms with Gasteiger partial charge >= 0.3 is 5.69 Å². The third kappa shape index (κ3) is 6.31. The molecule has 1 aliphatic carbocycles. The molecule has 1 aromatic heterocycles. The molecule has 1 aliphatic heterocycles. The van der Waals surface area contributed by atoms with E-state index < -0.39 is 32.7 Å². The Kier molecular flexibility index (Phi) is 7.11. The van der Waals surface area contributed by atoms with Crippen molar-refractivity contribution in [2.24, 2.45) is 17.6 Å². The number of fused-ring (bicyclic) bond motifs is 1. The predicted octanol–water partition coefficient (Wildman–Crippen LogP) is 0.298. The molecule has 2 fully saturated rings. The van der Waals surface area contributed by atoms with Gasteiger partial charge in [-0.2, -0.15) is 0 Å². The summed E-state index contributed by atoms with van der Waals surface area (Å²) in [5.74, 6) is 4.74. The Hall–Kier alpha value is -2.94. The molecule has 11 heteroatoms. The molecule has 0 spiro atoms. The van der Waals surface area contributed by atoms with Crippen molar-refractivity contribution in [1.29, 1.82) is 0 Å². The highest BCUT2D eigenvalue weighted by Gasteiger charge is 2.41. The summed E-state index contributed by atoms with van der Waals surface area (Å²) < 4.78 is 34.3. The van der Waals surface area contributed by atoms with E-state index in [1.165, 1.54) is 22.8 Å². The lowest BCUT2D eigenvalue weighted by atomic mass is 10.1. The summed E-state index contributed by atoms with van der Waals surface area (Å²) in [5, 5.41) is 0.184. The number of aromatic amines is 1. The highest BCUT2D eigenvalue weighted by Crippen LogP contribution is 2.36. The minimum Gasteiger partial charge on any atom is -0.381 e. The van der Waals surface area contributed by atoms with Crippen LogP contribution in [0, 0.1) is 23.7 Å². The minimum absolute atomic E-state index is 0.0239. The van der Waals surface area contributed by atoms with Crippen LogP contribution in [0.15, 0.2) is 32.7 Å². The SMILES string of the molecule is CC(C)C#CC(N)=O.CC1(NS(=O)(=O)c2ccc3c(c2)c(=O)[nH]c(=O)n3CC2COC2)CC1. The van der Waals surface area contributed by atoms with Crippen LogP contribution in [0.2, 0.25) is 0 Å². The maximum absolute atomic E-state index is 12.5. The molecule has 2 aliphatic rings. The number of sulfonamides is 1. The van der Waals surface area contributed by atoms with Crippen LogP contribution >= 0.6 is 0 Å². The molecule has 1 aromatic carbocycles. The van der Waals surface area contributed by atoms with Crippen LogP contribution in [0.5, 0.6) is 0 Å². The fourth-order valence-corrected chi connectivity index (χ4v) is 4.65. The van der Waals surface area contributed by atoms with Crippen molar-refractivity contribution in [3.8, 4) is 11.8 Å². The maximum Gasteiger partial charge on any atom is 0.328 e. The zero-order chi connectivity index (χ0) is 24.4. The van der Waals surface area contributed by atoms with E-state index in [1.807, 2.05) is 20.8 Å². The average molecular weight is 477 g/mol. The normalized spacial score (nSPS) is 16.8. The number of nitrogens with zero attached hydrogens (tertiary/aromatic N) is 1. The molecule has 0 bridgehead atoms. The number of benzene rings is 1. The van der Waals surface area contributed by atoms with Crippen LogP contribution in [0.3, 0.4) is 0 Å². The standard InChI is InChI=1S/C16H19N3O5S.C6H9NO/c1-16(4-5-16)18-25(22,23)11-2-3-13-12(6-11)14(20)17-15(21)19(13)7-10-8-24-9-10;1-5(2)3-4-6(7)8/h2-3,6,10,18H,4-5,7-9H2,1H3,(H,17,20,21);5H,1-2H3,(H2,7,8). The van der Waals surface area contributed by atoms with E-state index in [2.05, 4.69) is 21.5 Å². The Morgan fingerprint density at radius 3 is 2.48 bits per heavy atom. The van der Waals surface area contributed by atoms with Gasteiger partial charge in [0.1, 0.15) is 0 Å². The molecule has 0 unspecified atom stereocenters. The molecule has 2 heterocycles. The van der Waals surface area contributed by atoms with E-state index >= 15 is 0 Å². The minimum atomic E-state index is -3.71. The van der Waals surface area contributed by atoms with Crippen LogP contribution in [-0.4, -0.2) is 42.6 Å². The number of H-pyrrole nitrogens is 1. The number of nitrogens with one attached hydrogen (secondary N) is 2. The zero-order valence-electron chi connectivity index (χ0n) is 18.8. The number of amides is 1. The molecule has 0 radical (unpaired) electrons. The lowest BCUT2D eigenvalue weighted by Crippen LogP contribution is -2.38. The van der Waals surface area contributed by atoms with Gasteiger partial charge in [-0.15, -0.1) is 0 Å². The van der Waals surface area contributed by atoms with Crippen molar-refractivity contribution >= 4 is 26.8 Å². The van der Waals surface area contributed by atoms with Crippen LogP contribution in [0.4, 0.5) is 0 Å². The largest absolute Gasteiger partial charge is 0.381 e. The van der Waals surface area contributed by atoms with Crippen molar-refractivity contribution in [1.82, 2.24) is 14.3 Å². The molecule has 0 atom stereocenters. The molecule has 178 valence electrons. The molecular weight excluding hydrogens is 448 g/mol. The van der Waals surface area contributed by atoms with Crippen molar-refractivity contribution in [3.05, 3.63) is 39.0 Å². The summed E-state index contributed by atoms with van der Waals surface area (Å²) in [6.07, 6.45) is 1.59. The van der Waals surface area contributed by atoms with E-state index in [-0.39, 0.29) is 22.1 Å². The maximum atomic E-state index is 12.5. The van der Waals surface area contributed by atoms with Gasteiger partial charge in [0.2, 0.25) is 10.0 Å². The van der Waals surface area contributed by atoms with Gasteiger partial charge in [-0.1, -0.05) is 19.8 Å². The second kappa shape index (κ2) is 9.51. The second-order valence-corrected chi connectivity index (χ2v) is 10.6. The number of carbonyl (C=O) groups excluding carboxylic acids is 1. The molecule has 1 saturated heterocycles. The average Bonchev–Trinajstić information content (AvgIpc) is 3.40. The summed E-state index contributed by atoms with van der Waals surface area (Å²) in [6, 6.07) is 4.29. The van der Waals surface area contributed by atoms with Gasteiger partial charge in [-0.05, 0) is 43.9 Å². The number of aromatic nitrogens is 2. The molecular formula is C22H28N4O6S. The molecule has 4 N–H and O–H groups in total. The smallest absolute Gasteiger partial charge is 0.328 e. The number of ether oxygens (including phenoxy) is 1. The Labute approximate surface area is 191 Å². The first-order chi connectivity index (χ1) is 15.4. The monoisotopic (exact) mass is 476 g/mol. The first kappa shape index (κ1) is 24.7. The summed E-state index contributed by atoms with van der Waals surface area (Å²) in [5.41, 5.74) is 3.67.